The Morgan fingerprint density at radius 1 is 1.30 bits per heavy atom. The number of H-pyrrole nitrogens is 1. The lowest BCUT2D eigenvalue weighted by molar-refractivity contribution is 0.338. The molecule has 4 rings (SSSR count). The van der Waals surface area contributed by atoms with Gasteiger partial charge in [-0.1, -0.05) is 30.6 Å². The topological polar surface area (TPSA) is 50.8 Å². The lowest BCUT2D eigenvalue weighted by Crippen LogP contribution is -2.04. The molecule has 0 aliphatic heterocycles. The number of hydrogen-bond acceptors (Lipinski definition) is 4. The molecule has 0 saturated heterocycles. The Balaban J connectivity index is 1.71. The molecule has 1 N–H and O–H groups in total. The first-order chi connectivity index (χ1) is 11.3. The van der Waals surface area contributed by atoms with Gasteiger partial charge < -0.3 is 9.72 Å². The number of aromatic amines is 1. The molecule has 23 heavy (non-hydrogen) atoms. The first-order valence-corrected chi connectivity index (χ1v) is 9.29. The first kappa shape index (κ1) is 14.7. The number of nitrogens with one attached hydrogen (secondary N) is 1. The fraction of sp³-hybridized carbons (Fsp3) is 0.444. The zero-order valence-corrected chi connectivity index (χ0v) is 14.2. The molecule has 5 heteroatoms. The molecule has 1 fully saturated rings. The molecule has 1 aliphatic carbocycles. The zero-order chi connectivity index (χ0) is 15.6. The van der Waals surface area contributed by atoms with Crippen molar-refractivity contribution in [3.05, 3.63) is 29.4 Å². The molecule has 0 radical (unpaired) electrons. The van der Waals surface area contributed by atoms with E-state index in [2.05, 4.69) is 26.4 Å². The summed E-state index contributed by atoms with van der Waals surface area (Å²) in [5.74, 6) is 0.665. The van der Waals surface area contributed by atoms with Crippen molar-refractivity contribution in [2.45, 2.75) is 44.9 Å². The third-order valence-corrected chi connectivity index (χ3v) is 5.41. The number of pyridine rings is 1. The van der Waals surface area contributed by atoms with Gasteiger partial charge in [0.15, 0.2) is 0 Å². The van der Waals surface area contributed by atoms with E-state index in [1.807, 2.05) is 19.3 Å². The maximum Gasteiger partial charge on any atom is 0.273 e. The van der Waals surface area contributed by atoms with E-state index in [1.165, 1.54) is 43.1 Å². The maximum absolute atomic E-state index is 5.50. The second kappa shape index (κ2) is 6.32. The minimum atomic E-state index is 0.647. The highest BCUT2D eigenvalue weighted by Crippen LogP contribution is 2.36. The van der Waals surface area contributed by atoms with Crippen molar-refractivity contribution < 1.29 is 4.74 Å². The van der Waals surface area contributed by atoms with Gasteiger partial charge in [0.25, 0.3) is 5.19 Å². The van der Waals surface area contributed by atoms with Crippen molar-refractivity contribution in [3.63, 3.8) is 0 Å². The smallest absolute Gasteiger partial charge is 0.273 e. The van der Waals surface area contributed by atoms with Crippen LogP contribution in [0, 0.1) is 0 Å². The van der Waals surface area contributed by atoms with Gasteiger partial charge in [0, 0.05) is 28.7 Å². The van der Waals surface area contributed by atoms with Crippen molar-refractivity contribution >= 4 is 22.4 Å². The van der Waals surface area contributed by atoms with Crippen molar-refractivity contribution in [2.24, 2.45) is 0 Å². The molecule has 3 aromatic rings. The van der Waals surface area contributed by atoms with Gasteiger partial charge in [0.05, 0.1) is 12.3 Å². The average Bonchev–Trinajstić information content (AvgIpc) is 3.22. The van der Waals surface area contributed by atoms with Crippen LogP contribution in [-0.2, 0) is 0 Å². The van der Waals surface area contributed by atoms with Crippen LogP contribution in [0.2, 0.25) is 0 Å². The molecule has 3 heterocycles. The summed E-state index contributed by atoms with van der Waals surface area (Å²) in [6.07, 6.45) is 10.7. The van der Waals surface area contributed by atoms with Gasteiger partial charge in [-0.05, 0) is 37.3 Å². The molecule has 0 unspecified atom stereocenters. The van der Waals surface area contributed by atoms with E-state index >= 15 is 0 Å². The summed E-state index contributed by atoms with van der Waals surface area (Å²) in [5.41, 5.74) is 4.39. The maximum atomic E-state index is 5.50. The molecule has 0 amide bonds. The van der Waals surface area contributed by atoms with Crippen LogP contribution in [0.25, 0.3) is 22.3 Å². The highest BCUT2D eigenvalue weighted by atomic mass is 32.1. The molecule has 0 aromatic carbocycles. The van der Waals surface area contributed by atoms with Crippen molar-refractivity contribution in [1.29, 1.82) is 0 Å². The van der Waals surface area contributed by atoms with E-state index in [0.29, 0.717) is 12.5 Å². The van der Waals surface area contributed by atoms with Gasteiger partial charge in [0.1, 0.15) is 5.65 Å². The fourth-order valence-electron chi connectivity index (χ4n) is 3.46. The molecule has 4 nitrogen and oxygen atoms in total. The van der Waals surface area contributed by atoms with Crippen molar-refractivity contribution in [3.8, 4) is 16.5 Å². The summed E-state index contributed by atoms with van der Waals surface area (Å²) in [5, 5.41) is 3.95. The minimum Gasteiger partial charge on any atom is -0.470 e. The summed E-state index contributed by atoms with van der Waals surface area (Å²) in [6.45, 7) is 2.63. The Bertz CT molecular complexity index is 802. The van der Waals surface area contributed by atoms with Crippen LogP contribution in [0.4, 0.5) is 0 Å². The largest absolute Gasteiger partial charge is 0.470 e. The Hall–Kier alpha value is -1.88. The third kappa shape index (κ3) is 2.85. The zero-order valence-electron chi connectivity index (χ0n) is 13.3. The van der Waals surface area contributed by atoms with Gasteiger partial charge in [-0.15, -0.1) is 0 Å². The lowest BCUT2D eigenvalue weighted by Gasteiger charge is -2.21. The van der Waals surface area contributed by atoms with E-state index in [-0.39, 0.29) is 0 Å². The number of aromatic nitrogens is 3. The first-order valence-electron chi connectivity index (χ1n) is 8.41. The van der Waals surface area contributed by atoms with Crippen LogP contribution in [0.3, 0.4) is 0 Å². The van der Waals surface area contributed by atoms with Crippen molar-refractivity contribution in [1.82, 2.24) is 15.0 Å². The van der Waals surface area contributed by atoms with E-state index in [9.17, 15) is 0 Å². The number of rotatable bonds is 4. The van der Waals surface area contributed by atoms with E-state index in [4.69, 9.17) is 4.74 Å². The van der Waals surface area contributed by atoms with Gasteiger partial charge >= 0.3 is 0 Å². The van der Waals surface area contributed by atoms with Gasteiger partial charge in [-0.2, -0.15) is 0 Å². The van der Waals surface area contributed by atoms with Gasteiger partial charge in [-0.3, -0.25) is 0 Å². The molecule has 0 atom stereocenters. The Kier molecular flexibility index (Phi) is 4.04. The fourth-order valence-corrected chi connectivity index (χ4v) is 4.19. The summed E-state index contributed by atoms with van der Waals surface area (Å²) in [6, 6.07) is 2.31. The quantitative estimate of drug-likeness (QED) is 0.722. The SMILES string of the molecule is CCOc1nc(-c2c[nH]c3ncc(C4CCCCC4)cc23)cs1. The van der Waals surface area contributed by atoms with Crippen LogP contribution in [0.15, 0.2) is 23.8 Å². The average molecular weight is 327 g/mol. The Morgan fingerprint density at radius 3 is 3.00 bits per heavy atom. The molecule has 1 aliphatic rings. The van der Waals surface area contributed by atoms with Gasteiger partial charge in [-0.25, -0.2) is 9.97 Å². The van der Waals surface area contributed by atoms with Crippen LogP contribution < -0.4 is 4.74 Å². The molecule has 0 bridgehead atoms. The number of nitrogens with zero attached hydrogens (tertiary/aromatic N) is 2. The van der Waals surface area contributed by atoms with Crippen LogP contribution in [0.5, 0.6) is 5.19 Å². The summed E-state index contributed by atoms with van der Waals surface area (Å²) in [7, 11) is 0. The number of ether oxygens (including phenoxy) is 1. The van der Waals surface area contributed by atoms with E-state index < -0.39 is 0 Å². The summed E-state index contributed by atoms with van der Waals surface area (Å²) in [4.78, 5) is 12.5. The molecule has 3 aromatic heterocycles. The third-order valence-electron chi connectivity index (χ3n) is 4.66. The van der Waals surface area contributed by atoms with Crippen LogP contribution in [0.1, 0.15) is 50.5 Å². The number of thiazole rings is 1. The molecular formula is C18H21N3OS. The molecule has 0 spiro atoms. The standard InChI is InChI=1S/C18H21N3OS/c1-2-22-18-21-16(11-23-18)15-10-20-17-14(15)8-13(9-19-17)12-6-4-3-5-7-12/h8-12H,2-7H2,1H3,(H,19,20). The lowest BCUT2D eigenvalue weighted by atomic mass is 9.84. The molecule has 1 saturated carbocycles. The predicted octanol–water partition coefficient (Wildman–Crippen LogP) is 5.13. The highest BCUT2D eigenvalue weighted by molar-refractivity contribution is 7.11. The summed E-state index contributed by atoms with van der Waals surface area (Å²) >= 11 is 1.55. The Morgan fingerprint density at radius 2 is 2.17 bits per heavy atom. The van der Waals surface area contributed by atoms with E-state index in [0.717, 1.165) is 22.1 Å². The predicted molar refractivity (Wildman–Crippen MR) is 94.2 cm³/mol. The van der Waals surface area contributed by atoms with Crippen LogP contribution >= 0.6 is 11.3 Å². The number of hydrogen-bond donors (Lipinski definition) is 1. The second-order valence-electron chi connectivity index (χ2n) is 6.13. The van der Waals surface area contributed by atoms with Gasteiger partial charge in [0.2, 0.25) is 0 Å². The monoisotopic (exact) mass is 327 g/mol. The van der Waals surface area contributed by atoms with Crippen LogP contribution in [-0.4, -0.2) is 21.6 Å². The molecular weight excluding hydrogens is 306 g/mol. The Labute approximate surface area is 139 Å². The summed E-state index contributed by atoms with van der Waals surface area (Å²) < 4.78 is 5.50. The second-order valence-corrected chi connectivity index (χ2v) is 6.95. The minimum absolute atomic E-state index is 0.647. The number of fused-ring (bicyclic) bond motifs is 1. The van der Waals surface area contributed by atoms with E-state index in [1.54, 1.807) is 11.3 Å². The normalized spacial score (nSPS) is 16.0. The highest BCUT2D eigenvalue weighted by Gasteiger charge is 2.18. The molecule has 120 valence electrons. The van der Waals surface area contributed by atoms with Crippen molar-refractivity contribution in [2.75, 3.05) is 6.61 Å².